The molecule has 1 fully saturated rings. The SMILES string of the molecule is CC[C@H]1O[C@@H](/C(C)=C/C/C=C/C2[C@@H](C)[C@@H]2C)CC=C1C. The zero-order valence-corrected chi connectivity index (χ0v) is 13.7. The summed E-state index contributed by atoms with van der Waals surface area (Å²) in [5, 5.41) is 0. The third kappa shape index (κ3) is 3.63. The van der Waals surface area contributed by atoms with Crippen LogP contribution in [-0.2, 0) is 4.74 Å². The third-order valence-corrected chi connectivity index (χ3v) is 5.21. The Bertz CT molecular complexity index is 407. The molecule has 1 heteroatoms. The number of hydrogen-bond acceptors (Lipinski definition) is 1. The molecule has 0 spiro atoms. The summed E-state index contributed by atoms with van der Waals surface area (Å²) in [6, 6.07) is 0. The van der Waals surface area contributed by atoms with E-state index in [0.29, 0.717) is 6.10 Å². The summed E-state index contributed by atoms with van der Waals surface area (Å²) in [5.41, 5.74) is 2.78. The highest BCUT2D eigenvalue weighted by Crippen LogP contribution is 2.46. The molecule has 1 heterocycles. The van der Waals surface area contributed by atoms with Gasteiger partial charge in [-0.15, -0.1) is 0 Å². The Labute approximate surface area is 124 Å². The maximum absolute atomic E-state index is 6.17. The van der Waals surface area contributed by atoms with Gasteiger partial charge in [-0.25, -0.2) is 0 Å². The smallest absolute Gasteiger partial charge is 0.0825 e. The Morgan fingerprint density at radius 1 is 1.35 bits per heavy atom. The van der Waals surface area contributed by atoms with Crippen molar-refractivity contribution in [2.45, 2.75) is 66.1 Å². The first-order chi connectivity index (χ1) is 9.54. The summed E-state index contributed by atoms with van der Waals surface area (Å²) in [5.74, 6) is 2.59. The van der Waals surface area contributed by atoms with Crippen LogP contribution in [-0.4, -0.2) is 12.2 Å². The molecule has 0 N–H and O–H groups in total. The van der Waals surface area contributed by atoms with Crippen LogP contribution in [0.5, 0.6) is 0 Å². The number of hydrogen-bond donors (Lipinski definition) is 0. The largest absolute Gasteiger partial charge is 0.366 e. The molecule has 0 aromatic rings. The lowest BCUT2D eigenvalue weighted by Gasteiger charge is -2.29. The molecule has 0 aromatic heterocycles. The fourth-order valence-corrected chi connectivity index (χ4v) is 3.17. The molecule has 2 aliphatic rings. The van der Waals surface area contributed by atoms with E-state index < -0.39 is 0 Å². The van der Waals surface area contributed by atoms with E-state index in [0.717, 1.165) is 37.0 Å². The molecular formula is C19H30O. The second-order valence-electron chi connectivity index (χ2n) is 6.61. The zero-order valence-electron chi connectivity index (χ0n) is 13.7. The molecule has 112 valence electrons. The molecule has 1 aliphatic carbocycles. The van der Waals surface area contributed by atoms with Crippen molar-refractivity contribution in [2.24, 2.45) is 17.8 Å². The van der Waals surface area contributed by atoms with Crippen LogP contribution in [0, 0.1) is 17.8 Å². The average molecular weight is 274 g/mol. The van der Waals surface area contributed by atoms with Crippen LogP contribution in [0.2, 0.25) is 0 Å². The van der Waals surface area contributed by atoms with Crippen LogP contribution in [0.1, 0.15) is 53.9 Å². The molecule has 20 heavy (non-hydrogen) atoms. The molecule has 0 bridgehead atoms. The van der Waals surface area contributed by atoms with Gasteiger partial charge < -0.3 is 4.74 Å². The first-order valence-electron chi connectivity index (χ1n) is 8.20. The predicted octanol–water partition coefficient (Wildman–Crippen LogP) is 5.29. The fraction of sp³-hybridized carbons (Fsp3) is 0.684. The summed E-state index contributed by atoms with van der Waals surface area (Å²) in [6.45, 7) is 11.3. The lowest BCUT2D eigenvalue weighted by molar-refractivity contribution is 0.0179. The third-order valence-electron chi connectivity index (χ3n) is 5.21. The highest BCUT2D eigenvalue weighted by molar-refractivity contribution is 5.17. The molecule has 0 unspecified atom stereocenters. The molecule has 0 amide bonds. The van der Waals surface area contributed by atoms with Crippen LogP contribution in [0.15, 0.2) is 35.5 Å². The summed E-state index contributed by atoms with van der Waals surface area (Å²) in [6.07, 6.45) is 13.2. The quantitative estimate of drug-likeness (QED) is 0.619. The highest BCUT2D eigenvalue weighted by Gasteiger charge is 2.40. The van der Waals surface area contributed by atoms with Crippen molar-refractivity contribution >= 4 is 0 Å². The first-order valence-corrected chi connectivity index (χ1v) is 8.20. The lowest BCUT2D eigenvalue weighted by atomic mass is 9.98. The number of rotatable bonds is 5. The number of allylic oxidation sites excluding steroid dienone is 3. The van der Waals surface area contributed by atoms with E-state index in [1.807, 2.05) is 0 Å². The maximum atomic E-state index is 6.17. The van der Waals surface area contributed by atoms with Crippen molar-refractivity contribution in [3.63, 3.8) is 0 Å². The molecule has 1 nitrogen and oxygen atoms in total. The zero-order chi connectivity index (χ0) is 14.7. The Balaban J connectivity index is 1.82. The van der Waals surface area contributed by atoms with Gasteiger partial charge in [0.05, 0.1) is 12.2 Å². The second kappa shape index (κ2) is 6.76. The normalized spacial score (nSPS) is 38.1. The van der Waals surface area contributed by atoms with Crippen LogP contribution in [0.4, 0.5) is 0 Å². The summed E-state index contributed by atoms with van der Waals surface area (Å²) < 4.78 is 6.17. The van der Waals surface area contributed by atoms with Gasteiger partial charge in [0, 0.05) is 0 Å². The minimum Gasteiger partial charge on any atom is -0.366 e. The second-order valence-corrected chi connectivity index (χ2v) is 6.61. The maximum Gasteiger partial charge on any atom is 0.0825 e. The van der Waals surface area contributed by atoms with Crippen LogP contribution >= 0.6 is 0 Å². The predicted molar refractivity (Wildman–Crippen MR) is 86.7 cm³/mol. The van der Waals surface area contributed by atoms with Crippen LogP contribution < -0.4 is 0 Å². The first kappa shape index (κ1) is 15.6. The summed E-state index contributed by atoms with van der Waals surface area (Å²) >= 11 is 0. The van der Waals surface area contributed by atoms with E-state index in [-0.39, 0.29) is 6.10 Å². The highest BCUT2D eigenvalue weighted by atomic mass is 16.5. The summed E-state index contributed by atoms with van der Waals surface area (Å²) in [4.78, 5) is 0. The minimum atomic E-state index is 0.288. The number of ether oxygens (including phenoxy) is 1. The van der Waals surface area contributed by atoms with Gasteiger partial charge in [0.2, 0.25) is 0 Å². The minimum absolute atomic E-state index is 0.288. The van der Waals surface area contributed by atoms with Gasteiger partial charge in [-0.1, -0.05) is 45.1 Å². The van der Waals surface area contributed by atoms with E-state index in [4.69, 9.17) is 4.74 Å². The van der Waals surface area contributed by atoms with Gasteiger partial charge in [0.15, 0.2) is 0 Å². The Hall–Kier alpha value is -0.820. The lowest BCUT2D eigenvalue weighted by Crippen LogP contribution is -2.27. The van der Waals surface area contributed by atoms with Gasteiger partial charge >= 0.3 is 0 Å². The summed E-state index contributed by atoms with van der Waals surface area (Å²) in [7, 11) is 0. The molecule has 0 radical (unpaired) electrons. The molecule has 4 atom stereocenters. The van der Waals surface area contributed by atoms with Crippen molar-refractivity contribution in [3.05, 3.63) is 35.5 Å². The molecule has 0 saturated heterocycles. The topological polar surface area (TPSA) is 9.23 Å². The van der Waals surface area contributed by atoms with Crippen molar-refractivity contribution < 1.29 is 4.74 Å². The van der Waals surface area contributed by atoms with Crippen molar-refractivity contribution in [2.75, 3.05) is 0 Å². The average Bonchev–Trinajstić information content (AvgIpc) is 3.02. The van der Waals surface area contributed by atoms with E-state index in [1.54, 1.807) is 0 Å². The van der Waals surface area contributed by atoms with E-state index >= 15 is 0 Å². The van der Waals surface area contributed by atoms with Crippen LogP contribution in [0.25, 0.3) is 0 Å². The Morgan fingerprint density at radius 3 is 2.65 bits per heavy atom. The molecular weight excluding hydrogens is 244 g/mol. The fourth-order valence-electron chi connectivity index (χ4n) is 3.17. The van der Waals surface area contributed by atoms with E-state index in [2.05, 4.69) is 58.9 Å². The molecule has 1 saturated carbocycles. The van der Waals surface area contributed by atoms with Gasteiger partial charge in [-0.05, 0) is 62.0 Å². The Kier molecular flexibility index (Phi) is 5.26. The molecule has 1 aliphatic heterocycles. The van der Waals surface area contributed by atoms with E-state index in [9.17, 15) is 0 Å². The Morgan fingerprint density at radius 2 is 2.05 bits per heavy atom. The van der Waals surface area contributed by atoms with E-state index in [1.165, 1.54) is 11.1 Å². The molecule has 0 aromatic carbocycles. The van der Waals surface area contributed by atoms with Gasteiger partial charge in [-0.3, -0.25) is 0 Å². The van der Waals surface area contributed by atoms with Crippen LogP contribution in [0.3, 0.4) is 0 Å². The van der Waals surface area contributed by atoms with Crippen molar-refractivity contribution in [3.8, 4) is 0 Å². The van der Waals surface area contributed by atoms with Crippen molar-refractivity contribution in [1.82, 2.24) is 0 Å². The standard InChI is InChI=1S/C19H30O/c1-6-18-14(3)11-12-19(20-18)13(2)9-7-8-10-17-15(4)16(17)5/h8-11,15-19H,6-7,12H2,1-5H3/b10-8+,13-9+/t15-,16-,18+,19+/m0/s1. The molecule has 2 rings (SSSR count). The van der Waals surface area contributed by atoms with Gasteiger partial charge in [0.1, 0.15) is 0 Å². The van der Waals surface area contributed by atoms with Crippen molar-refractivity contribution in [1.29, 1.82) is 0 Å². The van der Waals surface area contributed by atoms with Gasteiger partial charge in [0.25, 0.3) is 0 Å². The van der Waals surface area contributed by atoms with Gasteiger partial charge in [-0.2, -0.15) is 0 Å². The monoisotopic (exact) mass is 274 g/mol.